The smallest absolute Gasteiger partial charge is 0.235 e. The van der Waals surface area contributed by atoms with E-state index in [0.717, 1.165) is 0 Å². The minimum absolute atomic E-state index is 0.249. The van der Waals surface area contributed by atoms with Crippen LogP contribution in [0.5, 0.6) is 0 Å². The molecule has 176 valence electrons. The maximum atomic E-state index is 14.3. The van der Waals surface area contributed by atoms with Gasteiger partial charge in [-0.1, -0.05) is 12.2 Å². The first-order valence-electron chi connectivity index (χ1n) is 10.9. The largest absolute Gasteiger partial charge is 0.369 e. The quantitative estimate of drug-likeness (QED) is 0.367. The molecule has 8 nitrogen and oxygen atoms in total. The van der Waals surface area contributed by atoms with Crippen LogP contribution < -0.4 is 0 Å². The number of allylic oxidation sites excluding steroid dienone is 2. The number of fused-ring (bicyclic) bond motifs is 2. The molecule has 8 aliphatic rings. The van der Waals surface area contributed by atoms with Gasteiger partial charge in [0.2, 0.25) is 23.1 Å². The highest BCUT2D eigenvalue weighted by Gasteiger charge is 3.10. The Kier molecular flexibility index (Phi) is 4.31. The third-order valence-electron chi connectivity index (χ3n) is 10.1. The zero-order valence-corrected chi connectivity index (χ0v) is 19.6. The fraction of sp³-hybridized carbons (Fsp3) is 0.750. The Morgan fingerprint density at radius 2 is 0.938 bits per heavy atom. The van der Waals surface area contributed by atoms with E-state index in [1.807, 2.05) is 0 Å². The number of hydrogen-bond donors (Lipinski definition) is 0. The van der Waals surface area contributed by atoms with Crippen molar-refractivity contribution in [3.8, 4) is 0 Å². The van der Waals surface area contributed by atoms with E-state index in [0.29, 0.717) is 12.8 Å². The van der Waals surface area contributed by atoms with Crippen molar-refractivity contribution in [2.24, 2.45) is 34.5 Å². The van der Waals surface area contributed by atoms with Crippen molar-refractivity contribution in [3.63, 3.8) is 0 Å². The van der Waals surface area contributed by atoms with Gasteiger partial charge in [0.05, 0.1) is 0 Å². The molecule has 0 aliphatic heterocycles. The van der Waals surface area contributed by atoms with Gasteiger partial charge in [-0.05, 0) is 12.8 Å². The number of ether oxygens (including phenoxy) is 6. The predicted molar refractivity (Wildman–Crippen MR) is 111 cm³/mol. The molecule has 8 bridgehead atoms. The van der Waals surface area contributed by atoms with Crippen molar-refractivity contribution >= 4 is 11.6 Å². The summed E-state index contributed by atoms with van der Waals surface area (Å²) in [5.41, 5.74) is -4.19. The molecule has 0 aromatic carbocycles. The topological polar surface area (TPSA) is 89.5 Å². The van der Waals surface area contributed by atoms with Gasteiger partial charge in [0.25, 0.3) is 0 Å². The molecule has 8 heteroatoms. The first kappa shape index (κ1) is 22.4. The maximum Gasteiger partial charge on any atom is 0.235 e. The van der Waals surface area contributed by atoms with Crippen LogP contribution >= 0.6 is 0 Å². The monoisotopic (exact) mass is 448 g/mol. The second-order valence-electron chi connectivity index (χ2n) is 9.67. The van der Waals surface area contributed by atoms with Crippen molar-refractivity contribution in [2.75, 3.05) is 42.7 Å². The van der Waals surface area contributed by atoms with E-state index >= 15 is 0 Å². The molecule has 8 fully saturated rings. The number of ketones is 2. The van der Waals surface area contributed by atoms with Gasteiger partial charge >= 0.3 is 0 Å². The molecule has 0 aromatic rings. The molecule has 8 atom stereocenters. The molecule has 8 aliphatic carbocycles. The van der Waals surface area contributed by atoms with E-state index < -0.39 is 45.4 Å². The van der Waals surface area contributed by atoms with Crippen molar-refractivity contribution < 1.29 is 38.0 Å². The average Bonchev–Trinajstić information content (AvgIpc) is 2.79. The summed E-state index contributed by atoms with van der Waals surface area (Å²) >= 11 is 0. The maximum absolute atomic E-state index is 14.3. The van der Waals surface area contributed by atoms with Crippen LogP contribution in [0, 0.1) is 34.5 Å². The van der Waals surface area contributed by atoms with E-state index in [1.54, 1.807) is 26.4 Å². The van der Waals surface area contributed by atoms with Gasteiger partial charge in [-0.2, -0.15) is 0 Å². The van der Waals surface area contributed by atoms with Crippen LogP contribution in [0.4, 0.5) is 0 Å². The molecular formula is C24H32O8. The first-order chi connectivity index (χ1) is 15.3. The molecular weight excluding hydrogens is 416 g/mol. The van der Waals surface area contributed by atoms with E-state index in [9.17, 15) is 9.59 Å². The van der Waals surface area contributed by atoms with Gasteiger partial charge in [-0.25, -0.2) is 0 Å². The zero-order chi connectivity index (χ0) is 23.5. The van der Waals surface area contributed by atoms with Crippen LogP contribution in [-0.2, 0) is 38.0 Å². The third-order valence-corrected chi connectivity index (χ3v) is 10.1. The van der Waals surface area contributed by atoms with Crippen LogP contribution in [0.25, 0.3) is 0 Å². The second-order valence-corrected chi connectivity index (χ2v) is 9.67. The Morgan fingerprint density at radius 3 is 1.16 bits per heavy atom. The molecule has 8 saturated carbocycles. The minimum Gasteiger partial charge on any atom is -0.369 e. The fourth-order valence-electron chi connectivity index (χ4n) is 9.86. The lowest BCUT2D eigenvalue weighted by Gasteiger charge is -2.98. The Hall–Kier alpha value is -1.42. The van der Waals surface area contributed by atoms with Crippen LogP contribution in [0.2, 0.25) is 0 Å². The standard InChI is InChI=1S/C24H32O8/c1-9-11-19-13-14-20(12-10-2)16(24(31-7,32-8)17(25)21(14,19)27-3)15(19)23(29-5,30-6)18(26)22(13,20)28-4/h9-10,13-16H,1-2,11-12H2,3-8H3/t13-,14-,15-,16+,19-,20-,21-,22-/m0/s1. The molecule has 0 radical (unpaired) electrons. The predicted octanol–water partition coefficient (Wildman–Crippen LogP) is 1.53. The molecule has 0 unspecified atom stereocenters. The summed E-state index contributed by atoms with van der Waals surface area (Å²) in [6, 6.07) is 0. The van der Waals surface area contributed by atoms with Crippen molar-refractivity contribution in [2.45, 2.75) is 35.6 Å². The van der Waals surface area contributed by atoms with E-state index in [4.69, 9.17) is 28.4 Å². The SMILES string of the molecule is C=CC[C@]12[C@@H]3[C@H]4C(OC)(OC)C(=O)[C@@]1(OC)[C@H]1[C@@H]2[C@](OC)(C(=O)C3(OC)OC)[C@]41CC=C. The van der Waals surface area contributed by atoms with E-state index in [2.05, 4.69) is 13.2 Å². The summed E-state index contributed by atoms with van der Waals surface area (Å²) in [5, 5.41) is 0. The Balaban J connectivity index is 1.96. The number of rotatable bonds is 10. The van der Waals surface area contributed by atoms with Crippen LogP contribution in [0.1, 0.15) is 12.8 Å². The van der Waals surface area contributed by atoms with Gasteiger partial charge in [0.15, 0.2) is 0 Å². The molecule has 0 spiro atoms. The summed E-state index contributed by atoms with van der Waals surface area (Å²) in [6.07, 6.45) is 4.41. The van der Waals surface area contributed by atoms with Crippen LogP contribution in [0.3, 0.4) is 0 Å². The lowest BCUT2D eigenvalue weighted by atomic mass is 9.06. The van der Waals surface area contributed by atoms with E-state index in [-0.39, 0.29) is 23.4 Å². The summed E-state index contributed by atoms with van der Waals surface area (Å²) in [5.74, 6) is -5.54. The van der Waals surface area contributed by atoms with Crippen LogP contribution in [-0.4, -0.2) is 77.0 Å². The summed E-state index contributed by atoms with van der Waals surface area (Å²) in [6.45, 7) is 7.96. The minimum atomic E-state index is -1.66. The Labute approximate surface area is 188 Å². The van der Waals surface area contributed by atoms with Crippen molar-refractivity contribution in [1.29, 1.82) is 0 Å². The number of hydrogen-bond acceptors (Lipinski definition) is 8. The van der Waals surface area contributed by atoms with E-state index in [1.165, 1.54) is 28.4 Å². The molecule has 8 rings (SSSR count). The number of Topliss-reactive ketones (excluding diaryl/α,β-unsaturated/α-hetero) is 2. The Bertz CT molecular complexity index is 847. The first-order valence-corrected chi connectivity index (χ1v) is 10.9. The normalized spacial score (nSPS) is 50.1. The number of methoxy groups -OCH3 is 6. The highest BCUT2D eigenvalue weighted by Crippen LogP contribution is 2.98. The lowest BCUT2D eigenvalue weighted by Crippen LogP contribution is -3.11. The van der Waals surface area contributed by atoms with Gasteiger partial charge < -0.3 is 28.4 Å². The molecule has 0 saturated heterocycles. The molecule has 0 aromatic heterocycles. The van der Waals surface area contributed by atoms with Gasteiger partial charge in [0.1, 0.15) is 11.2 Å². The van der Waals surface area contributed by atoms with Gasteiger partial charge in [-0.3, -0.25) is 9.59 Å². The second kappa shape index (κ2) is 6.17. The van der Waals surface area contributed by atoms with Gasteiger partial charge in [-0.15, -0.1) is 13.2 Å². The number of carbonyl (C=O) groups is 2. The summed E-state index contributed by atoms with van der Waals surface area (Å²) in [4.78, 5) is 28.5. The van der Waals surface area contributed by atoms with Gasteiger partial charge in [0, 0.05) is 77.2 Å². The number of carbonyl (C=O) groups excluding carboxylic acids is 2. The Morgan fingerprint density at radius 1 is 0.625 bits per heavy atom. The summed E-state index contributed by atoms with van der Waals surface area (Å²) in [7, 11) is 8.88. The molecule has 0 amide bonds. The highest BCUT2D eigenvalue weighted by molar-refractivity contribution is 6.09. The van der Waals surface area contributed by atoms with Crippen molar-refractivity contribution in [1.82, 2.24) is 0 Å². The summed E-state index contributed by atoms with van der Waals surface area (Å²) < 4.78 is 36.2. The fourth-order valence-corrected chi connectivity index (χ4v) is 9.86. The molecule has 32 heavy (non-hydrogen) atoms. The zero-order valence-electron chi connectivity index (χ0n) is 19.6. The van der Waals surface area contributed by atoms with Crippen molar-refractivity contribution in [3.05, 3.63) is 25.3 Å². The molecule has 0 N–H and O–H groups in total. The average molecular weight is 449 g/mol. The van der Waals surface area contributed by atoms with Crippen LogP contribution in [0.15, 0.2) is 25.3 Å². The molecule has 0 heterocycles. The highest BCUT2D eigenvalue weighted by atomic mass is 16.7. The third kappa shape index (κ3) is 1.45. The lowest BCUT2D eigenvalue weighted by molar-refractivity contribution is -0.564.